The van der Waals surface area contributed by atoms with Crippen molar-refractivity contribution in [3.8, 4) is 6.07 Å². The van der Waals surface area contributed by atoms with Crippen LogP contribution < -0.4 is 0 Å². The molecule has 1 saturated heterocycles. The van der Waals surface area contributed by atoms with Crippen molar-refractivity contribution in [3.63, 3.8) is 0 Å². The second kappa shape index (κ2) is 5.05. The van der Waals surface area contributed by atoms with E-state index in [0.717, 1.165) is 12.1 Å². The highest BCUT2D eigenvalue weighted by Gasteiger charge is 2.29. The van der Waals surface area contributed by atoms with Crippen LogP contribution in [0, 0.1) is 18.3 Å². The van der Waals surface area contributed by atoms with Gasteiger partial charge in [-0.1, -0.05) is 0 Å². The first-order valence-corrected chi connectivity index (χ1v) is 6.82. The summed E-state index contributed by atoms with van der Waals surface area (Å²) in [6, 6.07) is 4.00. The molecule has 1 atom stereocenters. The largest absolute Gasteiger partial charge is 0.335 e. The van der Waals surface area contributed by atoms with Crippen molar-refractivity contribution in [3.05, 3.63) is 35.4 Å². The number of aryl methyl sites for hydroxylation is 2. The second-order valence-electron chi connectivity index (χ2n) is 5.31. The quantitative estimate of drug-likeness (QED) is 0.820. The third-order valence-corrected chi connectivity index (χ3v) is 3.78. The van der Waals surface area contributed by atoms with Gasteiger partial charge in [0.1, 0.15) is 11.8 Å². The molecule has 0 saturated carbocycles. The summed E-state index contributed by atoms with van der Waals surface area (Å²) in [6.45, 7) is 3.17. The van der Waals surface area contributed by atoms with Gasteiger partial charge in [-0.15, -0.1) is 0 Å². The molecule has 1 amide bonds. The van der Waals surface area contributed by atoms with Gasteiger partial charge in [-0.25, -0.2) is 0 Å². The molecule has 3 rings (SSSR count). The highest BCUT2D eigenvalue weighted by atomic mass is 16.2. The monoisotopic (exact) mass is 284 g/mol. The fourth-order valence-electron chi connectivity index (χ4n) is 2.71. The number of carbonyl (C=O) groups excluding carboxylic acids is 1. The Labute approximate surface area is 122 Å². The van der Waals surface area contributed by atoms with Crippen LogP contribution in [0.5, 0.6) is 0 Å². The van der Waals surface area contributed by atoms with Crippen LogP contribution in [0.25, 0.3) is 0 Å². The van der Waals surface area contributed by atoms with Crippen molar-refractivity contribution in [1.82, 2.24) is 24.5 Å². The Hall–Kier alpha value is -2.62. The first kappa shape index (κ1) is 13.4. The van der Waals surface area contributed by atoms with Crippen LogP contribution in [0.2, 0.25) is 0 Å². The van der Waals surface area contributed by atoms with E-state index in [1.54, 1.807) is 34.9 Å². The van der Waals surface area contributed by atoms with Crippen LogP contribution in [0.4, 0.5) is 0 Å². The van der Waals surface area contributed by atoms with E-state index >= 15 is 0 Å². The fraction of sp³-hybridized carbons (Fsp3) is 0.429. The predicted octanol–water partition coefficient (Wildman–Crippen LogP) is 0.884. The number of nitriles is 1. The maximum atomic E-state index is 12.5. The van der Waals surface area contributed by atoms with Gasteiger partial charge in [0.2, 0.25) is 0 Å². The lowest BCUT2D eigenvalue weighted by Gasteiger charge is -2.16. The van der Waals surface area contributed by atoms with Gasteiger partial charge < -0.3 is 4.90 Å². The smallest absolute Gasteiger partial charge is 0.272 e. The average molecular weight is 284 g/mol. The van der Waals surface area contributed by atoms with E-state index in [1.165, 1.54) is 0 Å². The minimum Gasteiger partial charge on any atom is -0.335 e. The summed E-state index contributed by atoms with van der Waals surface area (Å²) >= 11 is 0. The molecule has 0 bridgehead atoms. The van der Waals surface area contributed by atoms with Gasteiger partial charge in [0.25, 0.3) is 5.91 Å². The SMILES string of the molecule is Cc1cc(C(=O)N2CCC(n3cc(C#N)cn3)C2)n(C)n1. The molecule has 0 N–H and O–H groups in total. The van der Waals surface area contributed by atoms with E-state index in [2.05, 4.69) is 16.3 Å². The van der Waals surface area contributed by atoms with E-state index in [9.17, 15) is 4.79 Å². The second-order valence-corrected chi connectivity index (χ2v) is 5.31. The van der Waals surface area contributed by atoms with Crippen molar-refractivity contribution in [2.45, 2.75) is 19.4 Å². The molecule has 2 aromatic heterocycles. The fourth-order valence-corrected chi connectivity index (χ4v) is 2.71. The van der Waals surface area contributed by atoms with Crippen LogP contribution in [0.15, 0.2) is 18.5 Å². The van der Waals surface area contributed by atoms with Crippen LogP contribution >= 0.6 is 0 Å². The van der Waals surface area contributed by atoms with Crippen LogP contribution in [0.1, 0.15) is 34.2 Å². The Bertz CT molecular complexity index is 722. The first-order valence-electron chi connectivity index (χ1n) is 6.82. The number of amides is 1. The molecule has 1 unspecified atom stereocenters. The van der Waals surface area contributed by atoms with Crippen LogP contribution in [0.3, 0.4) is 0 Å². The molecule has 108 valence electrons. The van der Waals surface area contributed by atoms with Crippen molar-refractivity contribution < 1.29 is 4.79 Å². The lowest BCUT2D eigenvalue weighted by atomic mass is 10.3. The topological polar surface area (TPSA) is 79.7 Å². The highest BCUT2D eigenvalue weighted by molar-refractivity contribution is 5.92. The standard InChI is InChI=1S/C14H16N6O/c1-10-5-13(18(2)17-10)14(21)19-4-3-12(9-19)20-8-11(6-15)7-16-20/h5,7-8,12H,3-4,9H2,1-2H3. The van der Waals surface area contributed by atoms with Crippen LogP contribution in [-0.4, -0.2) is 43.5 Å². The van der Waals surface area contributed by atoms with E-state index in [4.69, 9.17) is 5.26 Å². The zero-order valence-electron chi connectivity index (χ0n) is 12.0. The van der Waals surface area contributed by atoms with E-state index in [-0.39, 0.29) is 11.9 Å². The van der Waals surface area contributed by atoms with Crippen molar-refractivity contribution in [2.24, 2.45) is 7.05 Å². The van der Waals surface area contributed by atoms with E-state index < -0.39 is 0 Å². The number of hydrogen-bond acceptors (Lipinski definition) is 4. The number of aromatic nitrogens is 4. The van der Waals surface area contributed by atoms with Crippen molar-refractivity contribution >= 4 is 5.91 Å². The molecule has 0 spiro atoms. The van der Waals surface area contributed by atoms with Gasteiger partial charge in [0.05, 0.1) is 23.5 Å². The number of hydrogen-bond donors (Lipinski definition) is 0. The van der Waals surface area contributed by atoms with Crippen molar-refractivity contribution in [2.75, 3.05) is 13.1 Å². The molecule has 1 aliphatic rings. The molecule has 2 aromatic rings. The zero-order chi connectivity index (χ0) is 15.0. The van der Waals surface area contributed by atoms with Gasteiger partial charge in [0.15, 0.2) is 0 Å². The molecule has 0 aromatic carbocycles. The Morgan fingerprint density at radius 2 is 2.33 bits per heavy atom. The third-order valence-electron chi connectivity index (χ3n) is 3.78. The van der Waals surface area contributed by atoms with Gasteiger partial charge in [-0.05, 0) is 19.4 Å². The molecule has 7 nitrogen and oxygen atoms in total. The third kappa shape index (κ3) is 2.40. The lowest BCUT2D eigenvalue weighted by Crippen LogP contribution is -2.30. The summed E-state index contributed by atoms with van der Waals surface area (Å²) in [4.78, 5) is 14.3. The Balaban J connectivity index is 1.73. The summed E-state index contributed by atoms with van der Waals surface area (Å²) in [6.07, 6.45) is 4.12. The number of nitrogens with zero attached hydrogens (tertiary/aromatic N) is 6. The minimum atomic E-state index is -0.00624. The zero-order valence-corrected chi connectivity index (χ0v) is 12.0. The van der Waals surface area contributed by atoms with E-state index in [1.807, 2.05) is 11.8 Å². The molecule has 7 heteroatoms. The Morgan fingerprint density at radius 1 is 1.52 bits per heavy atom. The molecular formula is C14H16N6O. The Kier molecular flexibility index (Phi) is 3.22. The molecule has 1 aliphatic heterocycles. The molecular weight excluding hydrogens is 268 g/mol. The highest BCUT2D eigenvalue weighted by Crippen LogP contribution is 2.23. The summed E-state index contributed by atoms with van der Waals surface area (Å²) in [7, 11) is 1.78. The average Bonchev–Trinajstić information content (AvgIpc) is 3.16. The number of rotatable bonds is 2. The Morgan fingerprint density at radius 3 is 2.95 bits per heavy atom. The van der Waals surface area contributed by atoms with Crippen molar-refractivity contribution in [1.29, 1.82) is 5.26 Å². The predicted molar refractivity (Wildman–Crippen MR) is 74.4 cm³/mol. The molecule has 1 fully saturated rings. The normalized spacial score (nSPS) is 18.0. The summed E-state index contributed by atoms with van der Waals surface area (Å²) in [5.41, 5.74) is 1.98. The first-order chi connectivity index (χ1) is 10.1. The summed E-state index contributed by atoms with van der Waals surface area (Å²) in [5.74, 6) is -0.00624. The summed E-state index contributed by atoms with van der Waals surface area (Å²) in [5, 5.41) is 17.2. The van der Waals surface area contributed by atoms with E-state index in [0.29, 0.717) is 24.3 Å². The van der Waals surface area contributed by atoms with Gasteiger partial charge >= 0.3 is 0 Å². The van der Waals surface area contributed by atoms with Crippen LogP contribution in [-0.2, 0) is 7.05 Å². The van der Waals surface area contributed by atoms with Gasteiger partial charge in [-0.2, -0.15) is 15.5 Å². The molecule has 3 heterocycles. The maximum absolute atomic E-state index is 12.5. The van der Waals surface area contributed by atoms with Gasteiger partial charge in [0, 0.05) is 26.3 Å². The van der Waals surface area contributed by atoms with Gasteiger partial charge in [-0.3, -0.25) is 14.2 Å². The number of likely N-dealkylation sites (tertiary alicyclic amines) is 1. The number of carbonyl (C=O) groups is 1. The summed E-state index contributed by atoms with van der Waals surface area (Å²) < 4.78 is 3.40. The lowest BCUT2D eigenvalue weighted by molar-refractivity contribution is 0.0776. The minimum absolute atomic E-state index is 0.00624. The molecule has 0 radical (unpaired) electrons. The molecule has 21 heavy (non-hydrogen) atoms. The maximum Gasteiger partial charge on any atom is 0.272 e. The molecule has 0 aliphatic carbocycles.